The number of para-hydroxylation sites is 2. The molecule has 3 nitrogen and oxygen atoms in total. The molecule has 0 saturated heterocycles. The summed E-state index contributed by atoms with van der Waals surface area (Å²) in [6.45, 7) is 13.5. The second-order valence-electron chi connectivity index (χ2n) is 14.3. The summed E-state index contributed by atoms with van der Waals surface area (Å²) in [4.78, 5) is 2.49. The van der Waals surface area contributed by atoms with Crippen molar-refractivity contribution in [3.63, 3.8) is 0 Å². The van der Waals surface area contributed by atoms with Crippen LogP contribution in [0.2, 0.25) is 0 Å². The molecule has 216 valence electrons. The van der Waals surface area contributed by atoms with E-state index >= 15 is 0 Å². The molecule has 0 bridgehead atoms. The molecular formula is C40H37BN2O. The highest BCUT2D eigenvalue weighted by molar-refractivity contribution is 6.86. The Morgan fingerprint density at radius 2 is 1.30 bits per heavy atom. The molecule has 0 fully saturated rings. The molecule has 0 unspecified atom stereocenters. The summed E-state index contributed by atoms with van der Waals surface area (Å²) in [7, 11) is 0. The van der Waals surface area contributed by atoms with Gasteiger partial charge in [0.1, 0.15) is 5.75 Å². The van der Waals surface area contributed by atoms with Gasteiger partial charge in [-0.15, -0.1) is 0 Å². The van der Waals surface area contributed by atoms with Crippen LogP contribution in [-0.4, -0.2) is 11.5 Å². The molecule has 2 aliphatic heterocycles. The van der Waals surface area contributed by atoms with E-state index in [2.05, 4.69) is 166 Å². The van der Waals surface area contributed by atoms with Crippen molar-refractivity contribution >= 4 is 45.8 Å². The maximum absolute atomic E-state index is 7.02. The van der Waals surface area contributed by atoms with Crippen LogP contribution in [-0.2, 0) is 10.8 Å². The fraction of sp³-hybridized carbons (Fsp3) is 0.200. The second kappa shape index (κ2) is 9.40. The number of anilines is 3. The summed E-state index contributed by atoms with van der Waals surface area (Å²) in [5.74, 6) is 0.938. The van der Waals surface area contributed by atoms with Crippen molar-refractivity contribution in [2.45, 2.75) is 52.4 Å². The number of hydrogen-bond donors (Lipinski definition) is 0. The molecule has 2 aliphatic rings. The average Bonchev–Trinajstić information content (AvgIpc) is 3.44. The fourth-order valence-electron chi connectivity index (χ4n) is 6.95. The highest BCUT2D eigenvalue weighted by Gasteiger charge is 2.44. The van der Waals surface area contributed by atoms with Gasteiger partial charge in [-0.3, -0.25) is 0 Å². The molecule has 0 spiro atoms. The van der Waals surface area contributed by atoms with Crippen molar-refractivity contribution in [1.29, 1.82) is 0 Å². The Hall–Kier alpha value is -4.70. The van der Waals surface area contributed by atoms with Crippen LogP contribution >= 0.6 is 0 Å². The first-order valence-electron chi connectivity index (χ1n) is 15.6. The Balaban J connectivity index is 1.50. The van der Waals surface area contributed by atoms with Gasteiger partial charge in [-0.1, -0.05) is 102 Å². The lowest BCUT2D eigenvalue weighted by molar-refractivity contribution is 0.585. The van der Waals surface area contributed by atoms with Crippen molar-refractivity contribution in [2.24, 2.45) is 0 Å². The molecule has 0 amide bonds. The van der Waals surface area contributed by atoms with Crippen LogP contribution in [0.3, 0.4) is 0 Å². The molecule has 0 N–H and O–H groups in total. The van der Waals surface area contributed by atoms with E-state index in [1.807, 2.05) is 0 Å². The largest absolute Gasteiger partial charge is 0.551 e. The van der Waals surface area contributed by atoms with Crippen LogP contribution in [0.4, 0.5) is 17.1 Å². The summed E-state index contributed by atoms with van der Waals surface area (Å²) in [5, 5.41) is 1.21. The molecule has 6 aromatic rings. The topological polar surface area (TPSA) is 17.4 Å². The molecule has 8 rings (SSSR count). The predicted octanol–water partition coefficient (Wildman–Crippen LogP) is 9.17. The highest BCUT2D eigenvalue weighted by atomic mass is 16.4. The van der Waals surface area contributed by atoms with E-state index in [0.29, 0.717) is 0 Å². The zero-order valence-electron chi connectivity index (χ0n) is 26.3. The molecular weight excluding hydrogens is 535 g/mol. The molecule has 0 atom stereocenters. The molecule has 0 radical (unpaired) electrons. The van der Waals surface area contributed by atoms with Gasteiger partial charge >= 0.3 is 6.92 Å². The van der Waals surface area contributed by atoms with E-state index in [9.17, 15) is 0 Å². The molecule has 1 aromatic heterocycles. The van der Waals surface area contributed by atoms with Crippen LogP contribution in [0.25, 0.3) is 27.7 Å². The predicted molar refractivity (Wildman–Crippen MR) is 186 cm³/mol. The number of hydrogen-bond acceptors (Lipinski definition) is 2. The summed E-state index contributed by atoms with van der Waals surface area (Å²) in [6, 6.07) is 40.0. The van der Waals surface area contributed by atoms with Gasteiger partial charge in [-0.2, -0.15) is 0 Å². The van der Waals surface area contributed by atoms with E-state index in [-0.39, 0.29) is 17.7 Å². The Kier molecular flexibility index (Phi) is 5.75. The molecule has 0 saturated carbocycles. The minimum atomic E-state index is -0.221. The Morgan fingerprint density at radius 3 is 2.02 bits per heavy atom. The monoisotopic (exact) mass is 572 g/mol. The molecule has 44 heavy (non-hydrogen) atoms. The van der Waals surface area contributed by atoms with Crippen LogP contribution in [0.15, 0.2) is 115 Å². The third kappa shape index (κ3) is 4.04. The fourth-order valence-corrected chi connectivity index (χ4v) is 6.95. The lowest BCUT2D eigenvalue weighted by Gasteiger charge is -2.41. The average molecular weight is 573 g/mol. The van der Waals surface area contributed by atoms with Gasteiger partial charge in [0.25, 0.3) is 0 Å². The van der Waals surface area contributed by atoms with Crippen LogP contribution in [0.1, 0.15) is 52.7 Å². The number of aromatic nitrogens is 1. The van der Waals surface area contributed by atoms with Crippen LogP contribution < -0.4 is 20.5 Å². The standard InChI is InChI=1S/C40H37BN2O/c1-39(2,3)27-16-19-30(20-17-27)43-34-21-18-28(40(4,5)6)25-33(34)41-36-32(31-14-10-11-15-35(31)44-41)24-26-22-23-42(37(26)38(36)43)29-12-8-7-9-13-29/h7-25H,1-6H3. The lowest BCUT2D eigenvalue weighted by Crippen LogP contribution is -2.56. The van der Waals surface area contributed by atoms with Gasteiger partial charge in [0.15, 0.2) is 0 Å². The highest BCUT2D eigenvalue weighted by Crippen LogP contribution is 2.47. The first-order chi connectivity index (χ1) is 21.1. The van der Waals surface area contributed by atoms with Gasteiger partial charge in [0, 0.05) is 39.7 Å². The summed E-state index contributed by atoms with van der Waals surface area (Å²) >= 11 is 0. The molecule has 5 aromatic carbocycles. The van der Waals surface area contributed by atoms with Gasteiger partial charge in [-0.25, -0.2) is 0 Å². The normalized spacial score (nSPS) is 13.8. The lowest BCUT2D eigenvalue weighted by atomic mass is 9.49. The van der Waals surface area contributed by atoms with Crippen molar-refractivity contribution in [3.05, 3.63) is 127 Å². The summed E-state index contributed by atoms with van der Waals surface area (Å²) in [5.41, 5.74) is 13.4. The van der Waals surface area contributed by atoms with Crippen LogP contribution in [0, 0.1) is 0 Å². The quantitative estimate of drug-likeness (QED) is 0.193. The maximum Gasteiger partial charge on any atom is 0.431 e. The van der Waals surface area contributed by atoms with Crippen molar-refractivity contribution in [1.82, 2.24) is 4.57 Å². The Bertz CT molecular complexity index is 2060. The number of nitrogens with zero attached hydrogens (tertiary/aromatic N) is 2. The van der Waals surface area contributed by atoms with Crippen molar-refractivity contribution in [2.75, 3.05) is 4.90 Å². The maximum atomic E-state index is 7.02. The zero-order chi connectivity index (χ0) is 30.4. The van der Waals surface area contributed by atoms with Crippen LogP contribution in [0.5, 0.6) is 5.75 Å². The molecule has 3 heterocycles. The zero-order valence-corrected chi connectivity index (χ0v) is 26.3. The van der Waals surface area contributed by atoms with E-state index in [1.54, 1.807) is 0 Å². The molecule has 0 aliphatic carbocycles. The SMILES string of the molecule is CC(C)(C)c1ccc(N2c3ccc(C(C)(C)C)cc3B3Oc4ccccc4-c4cc5ccn(-c6ccccc6)c5c2c43)cc1. The summed E-state index contributed by atoms with van der Waals surface area (Å²) < 4.78 is 9.36. The number of fused-ring (bicyclic) bond motifs is 6. The van der Waals surface area contributed by atoms with Crippen molar-refractivity contribution < 1.29 is 4.65 Å². The first kappa shape index (κ1) is 26.9. The first-order valence-corrected chi connectivity index (χ1v) is 15.6. The van der Waals surface area contributed by atoms with Gasteiger partial charge in [0.2, 0.25) is 0 Å². The van der Waals surface area contributed by atoms with Crippen molar-refractivity contribution in [3.8, 4) is 22.6 Å². The number of benzene rings is 5. The smallest absolute Gasteiger partial charge is 0.431 e. The van der Waals surface area contributed by atoms with Gasteiger partial charge in [0.05, 0.1) is 11.2 Å². The third-order valence-electron chi connectivity index (χ3n) is 9.34. The van der Waals surface area contributed by atoms with E-state index in [0.717, 1.165) is 28.4 Å². The van der Waals surface area contributed by atoms with E-state index < -0.39 is 0 Å². The second-order valence-corrected chi connectivity index (χ2v) is 14.3. The molecule has 4 heteroatoms. The minimum Gasteiger partial charge on any atom is -0.551 e. The third-order valence-corrected chi connectivity index (χ3v) is 9.34. The summed E-state index contributed by atoms with van der Waals surface area (Å²) in [6.07, 6.45) is 2.21. The van der Waals surface area contributed by atoms with E-state index in [4.69, 9.17) is 4.65 Å². The van der Waals surface area contributed by atoms with Gasteiger partial charge < -0.3 is 14.1 Å². The minimum absolute atomic E-state index is 0.00978. The number of rotatable bonds is 2. The van der Waals surface area contributed by atoms with E-state index in [1.165, 1.54) is 44.2 Å². The van der Waals surface area contributed by atoms with Gasteiger partial charge in [-0.05, 0) is 81.5 Å². The Morgan fingerprint density at radius 1 is 0.614 bits per heavy atom. The Labute approximate surface area is 260 Å².